The van der Waals surface area contributed by atoms with Crippen molar-refractivity contribution in [2.75, 3.05) is 13.1 Å². The molecule has 5 nitrogen and oxygen atoms in total. The fraction of sp³-hybridized carbons (Fsp3) is 0.812. The van der Waals surface area contributed by atoms with Gasteiger partial charge in [0.2, 0.25) is 0 Å². The first kappa shape index (κ1) is 18.1. The van der Waals surface area contributed by atoms with Crippen molar-refractivity contribution in [2.24, 2.45) is 5.73 Å². The zero-order valence-electron chi connectivity index (χ0n) is 13.7. The molecule has 21 heavy (non-hydrogen) atoms. The van der Waals surface area contributed by atoms with Crippen molar-refractivity contribution >= 4 is 0 Å². The van der Waals surface area contributed by atoms with Crippen molar-refractivity contribution in [1.82, 2.24) is 14.7 Å². The van der Waals surface area contributed by atoms with Gasteiger partial charge in [-0.3, -0.25) is 9.58 Å². The average molecular weight is 296 g/mol. The number of hydrogen-bond acceptors (Lipinski definition) is 4. The minimum Gasteiger partial charge on any atom is -0.379 e. The maximum absolute atomic E-state index is 9.06. The molecule has 0 radical (unpaired) electrons. The van der Waals surface area contributed by atoms with Crippen LogP contribution in [0.5, 0.6) is 0 Å². The Kier molecular flexibility index (Phi) is 9.30. The van der Waals surface area contributed by atoms with Crippen molar-refractivity contribution in [1.29, 1.82) is 0 Å². The Labute approximate surface area is 129 Å². The highest BCUT2D eigenvalue weighted by Crippen LogP contribution is 2.08. The lowest BCUT2D eigenvalue weighted by Crippen LogP contribution is -2.25. The lowest BCUT2D eigenvalue weighted by molar-refractivity contribution is 0.167. The summed E-state index contributed by atoms with van der Waals surface area (Å²) in [5.74, 6) is 0. The molecular formula is C16H32N4O. The zero-order valence-corrected chi connectivity index (χ0v) is 13.7. The Morgan fingerprint density at radius 2 is 1.90 bits per heavy atom. The van der Waals surface area contributed by atoms with E-state index in [0.717, 1.165) is 19.5 Å². The molecule has 1 unspecified atom stereocenters. The standard InChI is InChI=1S/C16H32N4O/c1-3-5-9-19(10-6-4-2)13-15-12-18-20(14-15)11-7-8-16(17)21/h12,14,16,21H,3-11,13,17H2,1-2H3. The lowest BCUT2D eigenvalue weighted by atomic mass is 10.2. The van der Waals surface area contributed by atoms with Crippen LogP contribution in [0.3, 0.4) is 0 Å². The van der Waals surface area contributed by atoms with Gasteiger partial charge in [-0.15, -0.1) is 0 Å². The van der Waals surface area contributed by atoms with E-state index in [1.54, 1.807) is 0 Å². The molecule has 1 aromatic heterocycles. The third-order valence-electron chi connectivity index (χ3n) is 3.64. The molecule has 1 rings (SSSR count). The Morgan fingerprint density at radius 1 is 1.24 bits per heavy atom. The number of aromatic nitrogens is 2. The predicted octanol–water partition coefficient (Wildman–Crippen LogP) is 2.34. The van der Waals surface area contributed by atoms with Gasteiger partial charge in [-0.05, 0) is 38.8 Å². The second-order valence-corrected chi connectivity index (χ2v) is 5.80. The topological polar surface area (TPSA) is 67.3 Å². The summed E-state index contributed by atoms with van der Waals surface area (Å²) in [5, 5.41) is 13.5. The summed E-state index contributed by atoms with van der Waals surface area (Å²) in [6.45, 7) is 8.61. The summed E-state index contributed by atoms with van der Waals surface area (Å²) >= 11 is 0. The fourth-order valence-electron chi connectivity index (χ4n) is 2.36. The quantitative estimate of drug-likeness (QED) is 0.581. The molecule has 0 bridgehead atoms. The highest BCUT2D eigenvalue weighted by Gasteiger charge is 2.07. The molecule has 0 saturated heterocycles. The SMILES string of the molecule is CCCCN(CCCC)Cc1cnn(CCCC(N)O)c1. The Morgan fingerprint density at radius 3 is 2.48 bits per heavy atom. The minimum atomic E-state index is -0.710. The lowest BCUT2D eigenvalue weighted by Gasteiger charge is -2.21. The van der Waals surface area contributed by atoms with Crippen LogP contribution in [-0.4, -0.2) is 39.1 Å². The van der Waals surface area contributed by atoms with Gasteiger partial charge in [0.05, 0.1) is 6.20 Å². The molecule has 3 N–H and O–H groups in total. The van der Waals surface area contributed by atoms with Gasteiger partial charge >= 0.3 is 0 Å². The van der Waals surface area contributed by atoms with Crippen LogP contribution in [0.25, 0.3) is 0 Å². The van der Waals surface area contributed by atoms with Crippen LogP contribution in [0.2, 0.25) is 0 Å². The maximum atomic E-state index is 9.06. The smallest absolute Gasteiger partial charge is 0.102 e. The van der Waals surface area contributed by atoms with E-state index in [4.69, 9.17) is 10.8 Å². The Balaban J connectivity index is 2.41. The minimum absolute atomic E-state index is 0.619. The van der Waals surface area contributed by atoms with E-state index < -0.39 is 6.23 Å². The number of nitrogens with two attached hydrogens (primary N) is 1. The van der Waals surface area contributed by atoms with Crippen LogP contribution < -0.4 is 5.73 Å². The Bertz CT molecular complexity index is 357. The normalized spacial score (nSPS) is 13.0. The van der Waals surface area contributed by atoms with E-state index in [1.165, 1.54) is 44.3 Å². The van der Waals surface area contributed by atoms with E-state index in [-0.39, 0.29) is 0 Å². The molecule has 1 heterocycles. The van der Waals surface area contributed by atoms with Gasteiger partial charge < -0.3 is 10.8 Å². The van der Waals surface area contributed by atoms with Crippen LogP contribution in [-0.2, 0) is 13.1 Å². The molecule has 0 spiro atoms. The van der Waals surface area contributed by atoms with Gasteiger partial charge in [0.25, 0.3) is 0 Å². The van der Waals surface area contributed by atoms with Crippen LogP contribution in [0.4, 0.5) is 0 Å². The van der Waals surface area contributed by atoms with Crippen LogP contribution in [0.1, 0.15) is 57.9 Å². The third-order valence-corrected chi connectivity index (χ3v) is 3.64. The first-order valence-electron chi connectivity index (χ1n) is 8.33. The number of rotatable bonds is 12. The first-order chi connectivity index (χ1) is 10.2. The molecule has 0 saturated carbocycles. The van der Waals surface area contributed by atoms with E-state index in [1.807, 2.05) is 10.9 Å². The molecule has 0 aliphatic heterocycles. The molecular weight excluding hydrogens is 264 g/mol. The number of aliphatic hydroxyl groups is 1. The molecule has 0 fully saturated rings. The van der Waals surface area contributed by atoms with Gasteiger partial charge in [0.1, 0.15) is 6.23 Å². The van der Waals surface area contributed by atoms with Crippen molar-refractivity contribution in [2.45, 2.75) is 71.7 Å². The molecule has 0 aromatic carbocycles. The van der Waals surface area contributed by atoms with Gasteiger partial charge in [0, 0.05) is 24.8 Å². The summed E-state index contributed by atoms with van der Waals surface area (Å²) in [5.41, 5.74) is 6.61. The number of aliphatic hydroxyl groups excluding tert-OH is 1. The van der Waals surface area contributed by atoms with Gasteiger partial charge in [-0.1, -0.05) is 26.7 Å². The molecule has 5 heteroatoms. The largest absolute Gasteiger partial charge is 0.379 e. The van der Waals surface area contributed by atoms with E-state index in [0.29, 0.717) is 6.42 Å². The van der Waals surface area contributed by atoms with Gasteiger partial charge in [-0.2, -0.15) is 5.10 Å². The van der Waals surface area contributed by atoms with Crippen molar-refractivity contribution in [3.8, 4) is 0 Å². The zero-order chi connectivity index (χ0) is 15.5. The van der Waals surface area contributed by atoms with E-state index in [2.05, 4.69) is 30.0 Å². The molecule has 1 aromatic rings. The van der Waals surface area contributed by atoms with Crippen LogP contribution in [0.15, 0.2) is 12.4 Å². The molecule has 0 aliphatic carbocycles. The molecule has 0 aliphatic rings. The highest BCUT2D eigenvalue weighted by atomic mass is 16.3. The second kappa shape index (κ2) is 10.8. The van der Waals surface area contributed by atoms with Crippen molar-refractivity contribution in [3.05, 3.63) is 18.0 Å². The molecule has 122 valence electrons. The number of nitrogens with zero attached hydrogens (tertiary/aromatic N) is 3. The fourth-order valence-corrected chi connectivity index (χ4v) is 2.36. The van der Waals surface area contributed by atoms with Gasteiger partial charge in [-0.25, -0.2) is 0 Å². The van der Waals surface area contributed by atoms with Gasteiger partial charge in [0.15, 0.2) is 0 Å². The number of hydrogen-bond donors (Lipinski definition) is 2. The number of aryl methyl sites for hydroxylation is 1. The summed E-state index contributed by atoms with van der Waals surface area (Å²) in [6, 6.07) is 0. The number of unbranched alkanes of at least 4 members (excludes halogenated alkanes) is 2. The second-order valence-electron chi connectivity index (χ2n) is 5.80. The summed E-state index contributed by atoms with van der Waals surface area (Å²) < 4.78 is 1.95. The Hall–Kier alpha value is -0.910. The van der Waals surface area contributed by atoms with Crippen molar-refractivity contribution in [3.63, 3.8) is 0 Å². The summed E-state index contributed by atoms with van der Waals surface area (Å²) in [6.07, 6.45) is 9.84. The van der Waals surface area contributed by atoms with Crippen molar-refractivity contribution < 1.29 is 5.11 Å². The molecule has 1 atom stereocenters. The van der Waals surface area contributed by atoms with E-state index >= 15 is 0 Å². The molecule has 0 amide bonds. The third kappa shape index (κ3) is 8.19. The monoisotopic (exact) mass is 296 g/mol. The first-order valence-corrected chi connectivity index (χ1v) is 8.33. The summed E-state index contributed by atoms with van der Waals surface area (Å²) in [4.78, 5) is 2.53. The van der Waals surface area contributed by atoms with Crippen LogP contribution >= 0.6 is 0 Å². The maximum Gasteiger partial charge on any atom is 0.102 e. The highest BCUT2D eigenvalue weighted by molar-refractivity contribution is 5.03. The van der Waals surface area contributed by atoms with E-state index in [9.17, 15) is 0 Å². The van der Waals surface area contributed by atoms with Crippen LogP contribution in [0, 0.1) is 0 Å². The predicted molar refractivity (Wildman–Crippen MR) is 86.7 cm³/mol. The average Bonchev–Trinajstić information content (AvgIpc) is 2.89. The summed E-state index contributed by atoms with van der Waals surface area (Å²) in [7, 11) is 0.